The Kier molecular flexibility index (Phi) is 7.75. The van der Waals surface area contributed by atoms with Gasteiger partial charge in [0.25, 0.3) is 0 Å². The minimum atomic E-state index is -0.764. The second kappa shape index (κ2) is 9.10. The zero-order valence-corrected chi connectivity index (χ0v) is 13.0. The van der Waals surface area contributed by atoms with E-state index in [1.165, 1.54) is 5.56 Å². The van der Waals surface area contributed by atoms with Crippen molar-refractivity contribution in [3.63, 3.8) is 0 Å². The molecule has 0 aliphatic rings. The molecule has 1 N–H and O–H groups in total. The molecule has 108 valence electrons. The zero-order valence-electron chi connectivity index (χ0n) is 12.1. The average Bonchev–Trinajstić information content (AvgIpc) is 2.44. The Balaban J connectivity index is 2.74. The molecule has 4 heteroatoms. The van der Waals surface area contributed by atoms with Crippen molar-refractivity contribution in [1.29, 1.82) is 0 Å². The van der Waals surface area contributed by atoms with Crippen molar-refractivity contribution in [2.75, 3.05) is 24.7 Å². The zero-order chi connectivity index (χ0) is 14.1. The van der Waals surface area contributed by atoms with Gasteiger partial charge in [0, 0.05) is 28.3 Å². The van der Waals surface area contributed by atoms with Crippen LogP contribution in [0.25, 0.3) is 0 Å². The molecule has 19 heavy (non-hydrogen) atoms. The van der Waals surface area contributed by atoms with Gasteiger partial charge in [0.1, 0.15) is 5.75 Å². The summed E-state index contributed by atoms with van der Waals surface area (Å²) in [5.41, 5.74) is 1.18. The highest BCUT2D eigenvalue weighted by Crippen LogP contribution is 2.19. The lowest BCUT2D eigenvalue weighted by Gasteiger charge is -2.18. The normalized spacial score (nSPS) is 14.1. The van der Waals surface area contributed by atoms with Crippen molar-refractivity contribution in [3.8, 4) is 5.75 Å². The predicted octanol–water partition coefficient (Wildman–Crippen LogP) is 2.89. The Morgan fingerprint density at radius 1 is 1.21 bits per heavy atom. The van der Waals surface area contributed by atoms with Crippen LogP contribution < -0.4 is 10.1 Å². The largest absolute Gasteiger partial charge is 0.494 e. The van der Waals surface area contributed by atoms with Crippen LogP contribution in [0.5, 0.6) is 5.75 Å². The van der Waals surface area contributed by atoms with Gasteiger partial charge in [0.05, 0.1) is 6.61 Å². The van der Waals surface area contributed by atoms with E-state index in [2.05, 4.69) is 24.4 Å². The van der Waals surface area contributed by atoms with Crippen molar-refractivity contribution in [2.45, 2.75) is 33.2 Å². The first-order chi connectivity index (χ1) is 9.21. The van der Waals surface area contributed by atoms with Gasteiger partial charge >= 0.3 is 0 Å². The molecule has 0 fully saturated rings. The maximum absolute atomic E-state index is 11.8. The molecule has 0 aliphatic heterocycles. The summed E-state index contributed by atoms with van der Waals surface area (Å²) < 4.78 is 17.2. The second-order valence-corrected chi connectivity index (χ2v) is 6.19. The van der Waals surface area contributed by atoms with E-state index in [1.807, 2.05) is 26.0 Å². The smallest absolute Gasteiger partial charge is 0.119 e. The molecule has 0 bridgehead atoms. The highest BCUT2D eigenvalue weighted by molar-refractivity contribution is 7.84. The highest BCUT2D eigenvalue weighted by Gasteiger charge is 2.13. The van der Waals surface area contributed by atoms with Gasteiger partial charge in [-0.15, -0.1) is 0 Å². The summed E-state index contributed by atoms with van der Waals surface area (Å²) in [4.78, 5) is 0. The fourth-order valence-corrected chi connectivity index (χ4v) is 2.78. The van der Waals surface area contributed by atoms with Crippen molar-refractivity contribution >= 4 is 10.8 Å². The molecule has 0 saturated carbocycles. The summed E-state index contributed by atoms with van der Waals surface area (Å²) in [6.45, 7) is 7.70. The van der Waals surface area contributed by atoms with E-state index in [4.69, 9.17) is 4.74 Å². The standard InChI is InChI=1S/C15H25NO2S/c1-4-11-16-15(12-19(17)6-3)13-7-9-14(10-8-13)18-5-2/h7-10,15-16H,4-6,11-12H2,1-3H3. The first-order valence-electron chi connectivity index (χ1n) is 7.02. The number of hydrogen-bond acceptors (Lipinski definition) is 3. The first-order valence-corrected chi connectivity index (χ1v) is 8.51. The summed E-state index contributed by atoms with van der Waals surface area (Å²) in [6.07, 6.45) is 1.08. The lowest BCUT2D eigenvalue weighted by Crippen LogP contribution is -2.27. The van der Waals surface area contributed by atoms with E-state index in [9.17, 15) is 4.21 Å². The van der Waals surface area contributed by atoms with Crippen LogP contribution in [0.1, 0.15) is 38.8 Å². The van der Waals surface area contributed by atoms with Crippen LogP contribution in [-0.4, -0.2) is 28.9 Å². The van der Waals surface area contributed by atoms with Crippen molar-refractivity contribution in [1.82, 2.24) is 5.32 Å². The van der Waals surface area contributed by atoms with E-state index < -0.39 is 10.8 Å². The predicted molar refractivity (Wildman–Crippen MR) is 82.2 cm³/mol. The SMILES string of the molecule is CCCNC(CS(=O)CC)c1ccc(OCC)cc1. The van der Waals surface area contributed by atoms with Gasteiger partial charge < -0.3 is 10.1 Å². The third-order valence-electron chi connectivity index (χ3n) is 2.91. The molecule has 1 rings (SSSR count). The summed E-state index contributed by atoms with van der Waals surface area (Å²) in [7, 11) is -0.764. The van der Waals surface area contributed by atoms with Crippen LogP contribution in [0, 0.1) is 0 Å². The van der Waals surface area contributed by atoms with E-state index in [1.54, 1.807) is 0 Å². The second-order valence-electron chi connectivity index (χ2n) is 4.40. The quantitative estimate of drug-likeness (QED) is 0.757. The van der Waals surface area contributed by atoms with Crippen LogP contribution in [0.3, 0.4) is 0 Å². The molecule has 0 saturated heterocycles. The van der Waals surface area contributed by atoms with Crippen LogP contribution >= 0.6 is 0 Å². The van der Waals surface area contributed by atoms with Gasteiger partial charge in [-0.2, -0.15) is 0 Å². The van der Waals surface area contributed by atoms with Crippen LogP contribution in [0.4, 0.5) is 0 Å². The summed E-state index contributed by atoms with van der Waals surface area (Å²) >= 11 is 0. The maximum Gasteiger partial charge on any atom is 0.119 e. The molecule has 0 aliphatic carbocycles. The molecule has 1 aromatic rings. The molecule has 0 radical (unpaired) electrons. The molecule has 0 heterocycles. The van der Waals surface area contributed by atoms with Crippen molar-refractivity contribution in [3.05, 3.63) is 29.8 Å². The third kappa shape index (κ3) is 5.74. The molecule has 0 aromatic heterocycles. The molecular formula is C15H25NO2S. The van der Waals surface area contributed by atoms with E-state index in [0.717, 1.165) is 18.7 Å². The molecule has 3 nitrogen and oxygen atoms in total. The van der Waals surface area contributed by atoms with Gasteiger partial charge in [-0.05, 0) is 37.6 Å². The number of ether oxygens (including phenoxy) is 1. The minimum absolute atomic E-state index is 0.163. The van der Waals surface area contributed by atoms with Crippen LogP contribution in [0.2, 0.25) is 0 Å². The fraction of sp³-hybridized carbons (Fsp3) is 0.600. The van der Waals surface area contributed by atoms with E-state index in [0.29, 0.717) is 18.1 Å². The Labute approximate surface area is 119 Å². The Hall–Kier alpha value is -0.870. The topological polar surface area (TPSA) is 38.3 Å². The molecule has 0 spiro atoms. The van der Waals surface area contributed by atoms with Gasteiger partial charge in [0.2, 0.25) is 0 Å². The highest BCUT2D eigenvalue weighted by atomic mass is 32.2. The number of rotatable bonds is 9. The van der Waals surface area contributed by atoms with E-state index in [-0.39, 0.29) is 6.04 Å². The van der Waals surface area contributed by atoms with Crippen molar-refractivity contribution < 1.29 is 8.95 Å². The van der Waals surface area contributed by atoms with Crippen LogP contribution in [-0.2, 0) is 10.8 Å². The Morgan fingerprint density at radius 3 is 2.42 bits per heavy atom. The minimum Gasteiger partial charge on any atom is -0.494 e. The van der Waals surface area contributed by atoms with Crippen LogP contribution in [0.15, 0.2) is 24.3 Å². The summed E-state index contributed by atoms with van der Waals surface area (Å²) in [6, 6.07) is 8.25. The summed E-state index contributed by atoms with van der Waals surface area (Å²) in [5, 5.41) is 3.47. The first kappa shape index (κ1) is 16.2. The average molecular weight is 283 g/mol. The third-order valence-corrected chi connectivity index (χ3v) is 4.26. The molecule has 0 amide bonds. The Bertz CT molecular complexity index is 378. The molecular weight excluding hydrogens is 258 g/mol. The maximum atomic E-state index is 11.8. The van der Waals surface area contributed by atoms with Gasteiger partial charge in [-0.3, -0.25) is 4.21 Å². The number of benzene rings is 1. The van der Waals surface area contributed by atoms with Gasteiger partial charge in [0.15, 0.2) is 0 Å². The van der Waals surface area contributed by atoms with Gasteiger partial charge in [-0.25, -0.2) is 0 Å². The lowest BCUT2D eigenvalue weighted by atomic mass is 10.1. The number of hydrogen-bond donors (Lipinski definition) is 1. The molecule has 1 aromatic carbocycles. The number of nitrogens with one attached hydrogen (secondary N) is 1. The molecule has 2 atom stereocenters. The fourth-order valence-electron chi connectivity index (χ4n) is 1.86. The lowest BCUT2D eigenvalue weighted by molar-refractivity contribution is 0.340. The van der Waals surface area contributed by atoms with E-state index >= 15 is 0 Å². The van der Waals surface area contributed by atoms with Crippen molar-refractivity contribution in [2.24, 2.45) is 0 Å². The Morgan fingerprint density at radius 2 is 1.89 bits per heavy atom. The molecule has 2 unspecified atom stereocenters. The monoisotopic (exact) mass is 283 g/mol. The van der Waals surface area contributed by atoms with Gasteiger partial charge in [-0.1, -0.05) is 26.0 Å². The summed E-state index contributed by atoms with van der Waals surface area (Å²) in [5.74, 6) is 2.27.